The van der Waals surface area contributed by atoms with Gasteiger partial charge in [0.15, 0.2) is 5.60 Å². The van der Waals surface area contributed by atoms with E-state index in [0.717, 1.165) is 44.6 Å². The Morgan fingerprint density at radius 3 is 2.62 bits per heavy atom. The number of piperidine rings is 1. The van der Waals surface area contributed by atoms with Gasteiger partial charge in [0.25, 0.3) is 5.91 Å². The standard InChI is InChI=1S/C21H32N2O3/c1-17(2)19-7-5-18(6-8-19)15-23-11-3-9-21(25,20(23)24)16-22-10-4-13-26-14-12-22/h5-8,17,25H,3-4,9-16H2,1-2H3. The minimum Gasteiger partial charge on any atom is -0.380 e. The summed E-state index contributed by atoms with van der Waals surface area (Å²) < 4.78 is 5.48. The molecule has 144 valence electrons. The van der Waals surface area contributed by atoms with Gasteiger partial charge in [0.1, 0.15) is 0 Å². The highest BCUT2D eigenvalue weighted by Gasteiger charge is 2.43. The number of likely N-dealkylation sites (tertiary alicyclic amines) is 1. The first-order valence-corrected chi connectivity index (χ1v) is 9.89. The number of amides is 1. The van der Waals surface area contributed by atoms with E-state index in [4.69, 9.17) is 4.74 Å². The zero-order chi connectivity index (χ0) is 18.6. The first-order chi connectivity index (χ1) is 12.5. The fourth-order valence-corrected chi connectivity index (χ4v) is 3.92. The van der Waals surface area contributed by atoms with Crippen LogP contribution in [0.15, 0.2) is 24.3 Å². The Morgan fingerprint density at radius 2 is 1.88 bits per heavy atom. The van der Waals surface area contributed by atoms with Gasteiger partial charge in [-0.15, -0.1) is 0 Å². The molecule has 2 saturated heterocycles. The third-order valence-corrected chi connectivity index (χ3v) is 5.52. The Balaban J connectivity index is 1.64. The van der Waals surface area contributed by atoms with Crippen molar-refractivity contribution in [3.05, 3.63) is 35.4 Å². The second kappa shape index (κ2) is 8.51. The summed E-state index contributed by atoms with van der Waals surface area (Å²) in [6.07, 6.45) is 2.35. The van der Waals surface area contributed by atoms with Crippen molar-refractivity contribution >= 4 is 5.91 Å². The highest BCUT2D eigenvalue weighted by Crippen LogP contribution is 2.26. The second-order valence-electron chi connectivity index (χ2n) is 8.00. The number of nitrogens with zero attached hydrogens (tertiary/aromatic N) is 2. The monoisotopic (exact) mass is 360 g/mol. The van der Waals surface area contributed by atoms with Crippen LogP contribution < -0.4 is 0 Å². The molecule has 2 aliphatic heterocycles. The summed E-state index contributed by atoms with van der Waals surface area (Å²) in [6.45, 7) is 9.17. The number of hydrogen-bond donors (Lipinski definition) is 1. The molecule has 1 unspecified atom stereocenters. The molecule has 0 saturated carbocycles. The van der Waals surface area contributed by atoms with Gasteiger partial charge in [0.2, 0.25) is 0 Å². The molecule has 1 aromatic carbocycles. The van der Waals surface area contributed by atoms with Crippen molar-refractivity contribution in [2.24, 2.45) is 0 Å². The van der Waals surface area contributed by atoms with Crippen molar-refractivity contribution in [3.8, 4) is 0 Å². The van der Waals surface area contributed by atoms with E-state index in [1.807, 2.05) is 4.90 Å². The van der Waals surface area contributed by atoms with E-state index in [1.54, 1.807) is 0 Å². The Hall–Kier alpha value is -1.43. The van der Waals surface area contributed by atoms with Gasteiger partial charge in [-0.2, -0.15) is 0 Å². The lowest BCUT2D eigenvalue weighted by molar-refractivity contribution is -0.160. The molecule has 1 N–H and O–H groups in total. The molecule has 0 bridgehead atoms. The maximum absolute atomic E-state index is 13.0. The number of aliphatic hydroxyl groups is 1. The van der Waals surface area contributed by atoms with E-state index in [0.29, 0.717) is 32.0 Å². The third-order valence-electron chi connectivity index (χ3n) is 5.52. The van der Waals surface area contributed by atoms with Crippen molar-refractivity contribution in [3.63, 3.8) is 0 Å². The highest BCUT2D eigenvalue weighted by molar-refractivity contribution is 5.86. The van der Waals surface area contributed by atoms with Crippen LogP contribution in [0.3, 0.4) is 0 Å². The maximum atomic E-state index is 13.0. The average molecular weight is 360 g/mol. The second-order valence-corrected chi connectivity index (χ2v) is 8.00. The highest BCUT2D eigenvalue weighted by atomic mass is 16.5. The van der Waals surface area contributed by atoms with Crippen molar-refractivity contribution in [2.45, 2.75) is 51.2 Å². The van der Waals surface area contributed by atoms with Gasteiger partial charge in [-0.3, -0.25) is 9.69 Å². The van der Waals surface area contributed by atoms with Crippen molar-refractivity contribution in [1.82, 2.24) is 9.80 Å². The largest absolute Gasteiger partial charge is 0.380 e. The molecular weight excluding hydrogens is 328 g/mol. The van der Waals surface area contributed by atoms with Gasteiger partial charge in [-0.05, 0) is 36.3 Å². The lowest BCUT2D eigenvalue weighted by Crippen LogP contribution is -2.58. The zero-order valence-corrected chi connectivity index (χ0v) is 16.1. The number of β-amino-alcohol motifs (C(OH)–C–C–N with tert-alkyl or cyclic N) is 1. The summed E-state index contributed by atoms with van der Waals surface area (Å²) in [5.74, 6) is 0.380. The number of hydrogen-bond acceptors (Lipinski definition) is 4. The van der Waals surface area contributed by atoms with Gasteiger partial charge in [-0.1, -0.05) is 38.1 Å². The van der Waals surface area contributed by atoms with E-state index in [-0.39, 0.29) is 5.91 Å². The lowest BCUT2D eigenvalue weighted by atomic mass is 9.90. The third kappa shape index (κ3) is 4.64. The smallest absolute Gasteiger partial charge is 0.256 e. The number of benzene rings is 1. The SMILES string of the molecule is CC(C)c1ccc(CN2CCCC(O)(CN3CCCOCC3)C2=O)cc1. The molecule has 2 fully saturated rings. The predicted octanol–water partition coefficient (Wildman–Crippen LogP) is 2.39. The molecule has 26 heavy (non-hydrogen) atoms. The first-order valence-electron chi connectivity index (χ1n) is 9.89. The van der Waals surface area contributed by atoms with Crippen LogP contribution in [-0.4, -0.2) is 65.8 Å². The molecule has 0 spiro atoms. The molecule has 1 amide bonds. The molecule has 5 heteroatoms. The number of ether oxygens (including phenoxy) is 1. The molecule has 0 radical (unpaired) electrons. The van der Waals surface area contributed by atoms with Crippen LogP contribution in [-0.2, 0) is 16.1 Å². The van der Waals surface area contributed by atoms with Gasteiger partial charge in [0.05, 0.1) is 6.61 Å². The Bertz CT molecular complexity index is 594. The normalized spacial score (nSPS) is 25.5. The van der Waals surface area contributed by atoms with Crippen LogP contribution in [0.25, 0.3) is 0 Å². The van der Waals surface area contributed by atoms with Gasteiger partial charge >= 0.3 is 0 Å². The fourth-order valence-electron chi connectivity index (χ4n) is 3.92. The zero-order valence-electron chi connectivity index (χ0n) is 16.1. The molecule has 0 aliphatic carbocycles. The summed E-state index contributed by atoms with van der Waals surface area (Å²) in [7, 11) is 0. The Kier molecular flexibility index (Phi) is 6.33. The van der Waals surface area contributed by atoms with Crippen LogP contribution >= 0.6 is 0 Å². The molecule has 1 aromatic rings. The van der Waals surface area contributed by atoms with Crippen LogP contribution in [0.4, 0.5) is 0 Å². The molecule has 2 aliphatic rings. The van der Waals surface area contributed by atoms with Crippen LogP contribution in [0.5, 0.6) is 0 Å². The fraction of sp³-hybridized carbons (Fsp3) is 0.667. The average Bonchev–Trinajstić information content (AvgIpc) is 2.88. The summed E-state index contributed by atoms with van der Waals surface area (Å²) in [6, 6.07) is 8.47. The predicted molar refractivity (Wildman–Crippen MR) is 102 cm³/mol. The van der Waals surface area contributed by atoms with Gasteiger partial charge in [-0.25, -0.2) is 0 Å². The molecular formula is C21H32N2O3. The van der Waals surface area contributed by atoms with E-state index < -0.39 is 5.60 Å². The van der Waals surface area contributed by atoms with E-state index in [9.17, 15) is 9.90 Å². The topological polar surface area (TPSA) is 53.0 Å². The number of carbonyl (C=O) groups is 1. The minimum absolute atomic E-state index is 0.123. The summed E-state index contributed by atoms with van der Waals surface area (Å²) in [5, 5.41) is 11.1. The van der Waals surface area contributed by atoms with Crippen LogP contribution in [0.2, 0.25) is 0 Å². The van der Waals surface area contributed by atoms with E-state index in [2.05, 4.69) is 43.0 Å². The quantitative estimate of drug-likeness (QED) is 0.876. The summed E-state index contributed by atoms with van der Waals surface area (Å²) in [5.41, 5.74) is 1.16. The van der Waals surface area contributed by atoms with E-state index in [1.165, 1.54) is 5.56 Å². The van der Waals surface area contributed by atoms with Gasteiger partial charge < -0.3 is 14.7 Å². The van der Waals surface area contributed by atoms with Gasteiger partial charge in [0, 0.05) is 39.3 Å². The van der Waals surface area contributed by atoms with Crippen LogP contribution in [0, 0.1) is 0 Å². The van der Waals surface area contributed by atoms with Crippen molar-refractivity contribution in [2.75, 3.05) is 39.4 Å². The lowest BCUT2D eigenvalue weighted by Gasteiger charge is -2.40. The van der Waals surface area contributed by atoms with E-state index >= 15 is 0 Å². The number of carbonyl (C=O) groups excluding carboxylic acids is 1. The first kappa shape index (κ1) is 19.3. The Labute approximate surface area is 156 Å². The summed E-state index contributed by atoms with van der Waals surface area (Å²) in [4.78, 5) is 17.0. The summed E-state index contributed by atoms with van der Waals surface area (Å²) >= 11 is 0. The molecule has 0 aromatic heterocycles. The molecule has 5 nitrogen and oxygen atoms in total. The van der Waals surface area contributed by atoms with Crippen LogP contribution in [0.1, 0.15) is 50.2 Å². The maximum Gasteiger partial charge on any atom is 0.256 e. The molecule has 3 rings (SSSR count). The van der Waals surface area contributed by atoms with Crippen molar-refractivity contribution in [1.29, 1.82) is 0 Å². The molecule has 1 atom stereocenters. The number of rotatable bonds is 5. The minimum atomic E-state index is -1.26. The Morgan fingerprint density at radius 1 is 1.12 bits per heavy atom. The molecule has 2 heterocycles. The van der Waals surface area contributed by atoms with Crippen molar-refractivity contribution < 1.29 is 14.6 Å².